The van der Waals surface area contributed by atoms with Crippen LogP contribution in [0.3, 0.4) is 0 Å². The highest BCUT2D eigenvalue weighted by atomic mass is 32.1. The molecule has 1 heterocycles. The third-order valence-corrected chi connectivity index (χ3v) is 5.06. The summed E-state index contributed by atoms with van der Waals surface area (Å²) in [5.41, 5.74) is 1.78. The van der Waals surface area contributed by atoms with Crippen LogP contribution in [0.4, 0.5) is 0 Å². The standard InChI is InChI=1S/C24H22N2O3S/c1-2-28-23-14-19(10-11-22(23)29-17-18-7-4-3-5-8-18)13-20(15-25)24(27)26-16-21-9-6-12-30-21/h3-14H,2,16-17H2,1H3,(H,26,27). The molecule has 5 nitrogen and oxygen atoms in total. The highest BCUT2D eigenvalue weighted by Gasteiger charge is 2.11. The number of thiophene rings is 1. The maximum Gasteiger partial charge on any atom is 0.262 e. The molecule has 6 heteroatoms. The Labute approximate surface area is 180 Å². The number of benzene rings is 2. The van der Waals surface area contributed by atoms with Crippen LogP contribution in [-0.4, -0.2) is 12.5 Å². The molecule has 2 aromatic carbocycles. The Morgan fingerprint density at radius 2 is 1.93 bits per heavy atom. The van der Waals surface area contributed by atoms with Crippen LogP contribution in [0.5, 0.6) is 11.5 Å². The van der Waals surface area contributed by atoms with E-state index in [9.17, 15) is 10.1 Å². The molecule has 0 unspecified atom stereocenters. The molecule has 1 aromatic heterocycles. The van der Waals surface area contributed by atoms with Crippen molar-refractivity contribution in [2.75, 3.05) is 6.61 Å². The van der Waals surface area contributed by atoms with Gasteiger partial charge in [0.1, 0.15) is 18.2 Å². The van der Waals surface area contributed by atoms with Gasteiger partial charge in [0.25, 0.3) is 5.91 Å². The first-order valence-electron chi connectivity index (χ1n) is 9.55. The maximum absolute atomic E-state index is 12.4. The van der Waals surface area contributed by atoms with E-state index in [4.69, 9.17) is 9.47 Å². The molecule has 0 fully saturated rings. The molecule has 0 atom stereocenters. The zero-order valence-corrected chi connectivity index (χ0v) is 17.4. The maximum atomic E-state index is 12.4. The lowest BCUT2D eigenvalue weighted by atomic mass is 10.1. The summed E-state index contributed by atoms with van der Waals surface area (Å²) >= 11 is 1.55. The van der Waals surface area contributed by atoms with Gasteiger partial charge in [0.2, 0.25) is 0 Å². The van der Waals surface area contributed by atoms with E-state index in [-0.39, 0.29) is 5.57 Å². The third-order valence-electron chi connectivity index (χ3n) is 4.18. The number of amides is 1. The van der Waals surface area contributed by atoms with E-state index >= 15 is 0 Å². The van der Waals surface area contributed by atoms with Crippen molar-refractivity contribution in [3.8, 4) is 17.6 Å². The van der Waals surface area contributed by atoms with Gasteiger partial charge in [0, 0.05) is 4.88 Å². The van der Waals surface area contributed by atoms with Crippen molar-refractivity contribution in [2.24, 2.45) is 0 Å². The van der Waals surface area contributed by atoms with E-state index in [0.717, 1.165) is 10.4 Å². The predicted molar refractivity (Wildman–Crippen MR) is 118 cm³/mol. The van der Waals surface area contributed by atoms with Gasteiger partial charge in [0.15, 0.2) is 11.5 Å². The fourth-order valence-corrected chi connectivity index (χ4v) is 3.37. The van der Waals surface area contributed by atoms with Gasteiger partial charge in [-0.3, -0.25) is 4.79 Å². The number of hydrogen-bond acceptors (Lipinski definition) is 5. The lowest BCUT2D eigenvalue weighted by Crippen LogP contribution is -2.23. The van der Waals surface area contributed by atoms with E-state index < -0.39 is 5.91 Å². The first kappa shape index (κ1) is 21.2. The summed E-state index contributed by atoms with van der Waals surface area (Å²) in [6.45, 7) is 3.18. The topological polar surface area (TPSA) is 71.3 Å². The van der Waals surface area contributed by atoms with Gasteiger partial charge in [-0.25, -0.2) is 0 Å². The van der Waals surface area contributed by atoms with Gasteiger partial charge < -0.3 is 14.8 Å². The number of carbonyl (C=O) groups is 1. The van der Waals surface area contributed by atoms with Crippen molar-refractivity contribution in [1.29, 1.82) is 5.26 Å². The number of nitriles is 1. The molecule has 3 rings (SSSR count). The Morgan fingerprint density at radius 3 is 2.63 bits per heavy atom. The average Bonchev–Trinajstić information content (AvgIpc) is 3.30. The van der Waals surface area contributed by atoms with E-state index in [2.05, 4.69) is 5.32 Å². The molecule has 0 radical (unpaired) electrons. The highest BCUT2D eigenvalue weighted by molar-refractivity contribution is 7.09. The normalized spacial score (nSPS) is 10.9. The van der Waals surface area contributed by atoms with Crippen molar-refractivity contribution in [3.63, 3.8) is 0 Å². The molecule has 0 saturated carbocycles. The minimum Gasteiger partial charge on any atom is -0.490 e. The number of carbonyl (C=O) groups excluding carboxylic acids is 1. The van der Waals surface area contributed by atoms with E-state index in [1.54, 1.807) is 35.6 Å². The van der Waals surface area contributed by atoms with Crippen LogP contribution >= 0.6 is 11.3 Å². The van der Waals surface area contributed by atoms with Crippen LogP contribution in [-0.2, 0) is 17.9 Å². The minimum absolute atomic E-state index is 0.0342. The first-order valence-corrected chi connectivity index (χ1v) is 10.4. The molecular weight excluding hydrogens is 396 g/mol. The summed E-state index contributed by atoms with van der Waals surface area (Å²) in [7, 11) is 0. The molecule has 30 heavy (non-hydrogen) atoms. The van der Waals surface area contributed by atoms with E-state index in [0.29, 0.717) is 36.8 Å². The molecule has 1 N–H and O–H groups in total. The van der Waals surface area contributed by atoms with Crippen LogP contribution in [0, 0.1) is 11.3 Å². The van der Waals surface area contributed by atoms with Crippen molar-refractivity contribution in [1.82, 2.24) is 5.32 Å². The summed E-state index contributed by atoms with van der Waals surface area (Å²) in [6, 6.07) is 21.1. The van der Waals surface area contributed by atoms with Crippen LogP contribution < -0.4 is 14.8 Å². The predicted octanol–water partition coefficient (Wildman–Crippen LogP) is 4.95. The molecule has 1 amide bonds. The van der Waals surface area contributed by atoms with Gasteiger partial charge in [-0.1, -0.05) is 42.5 Å². The van der Waals surface area contributed by atoms with Gasteiger partial charge >= 0.3 is 0 Å². The van der Waals surface area contributed by atoms with Crippen LogP contribution in [0.15, 0.2) is 71.6 Å². The Bertz CT molecular complexity index is 1040. The second kappa shape index (κ2) is 10.8. The van der Waals surface area contributed by atoms with Crippen LogP contribution in [0.25, 0.3) is 6.08 Å². The lowest BCUT2D eigenvalue weighted by molar-refractivity contribution is -0.117. The molecule has 0 aliphatic carbocycles. The fourth-order valence-electron chi connectivity index (χ4n) is 2.73. The molecule has 0 spiro atoms. The quantitative estimate of drug-likeness (QED) is 0.394. The van der Waals surface area contributed by atoms with Crippen molar-refractivity contribution >= 4 is 23.3 Å². The number of ether oxygens (including phenoxy) is 2. The zero-order chi connectivity index (χ0) is 21.2. The van der Waals surface area contributed by atoms with Crippen LogP contribution in [0.2, 0.25) is 0 Å². The Morgan fingerprint density at radius 1 is 1.10 bits per heavy atom. The summed E-state index contributed by atoms with van der Waals surface area (Å²) in [5.74, 6) is 0.769. The molecule has 0 bridgehead atoms. The summed E-state index contributed by atoms with van der Waals surface area (Å²) < 4.78 is 11.6. The fraction of sp³-hybridized carbons (Fsp3) is 0.167. The van der Waals surface area contributed by atoms with Crippen molar-refractivity contribution in [2.45, 2.75) is 20.1 Å². The third kappa shape index (κ3) is 5.97. The molecule has 0 aliphatic rings. The number of hydrogen-bond donors (Lipinski definition) is 1. The average molecular weight is 419 g/mol. The van der Waals surface area contributed by atoms with Gasteiger partial charge in [-0.2, -0.15) is 5.26 Å². The molecule has 3 aromatic rings. The van der Waals surface area contributed by atoms with Crippen LogP contribution in [0.1, 0.15) is 22.9 Å². The summed E-state index contributed by atoms with van der Waals surface area (Å²) in [6.07, 6.45) is 1.55. The second-order valence-corrected chi connectivity index (χ2v) is 7.38. The monoisotopic (exact) mass is 418 g/mol. The molecule has 152 valence electrons. The second-order valence-electron chi connectivity index (χ2n) is 6.35. The smallest absolute Gasteiger partial charge is 0.262 e. The van der Waals surface area contributed by atoms with Crippen molar-refractivity contribution < 1.29 is 14.3 Å². The summed E-state index contributed by atoms with van der Waals surface area (Å²) in [5, 5.41) is 14.1. The lowest BCUT2D eigenvalue weighted by Gasteiger charge is -2.13. The Balaban J connectivity index is 1.72. The molecule has 0 saturated heterocycles. The summed E-state index contributed by atoms with van der Waals surface area (Å²) in [4.78, 5) is 13.4. The van der Waals surface area contributed by atoms with Gasteiger partial charge in [0.05, 0.1) is 13.2 Å². The number of rotatable bonds is 9. The zero-order valence-electron chi connectivity index (χ0n) is 16.6. The number of nitrogens with one attached hydrogen (secondary N) is 1. The SMILES string of the molecule is CCOc1cc(C=C(C#N)C(=O)NCc2cccs2)ccc1OCc1ccccc1. The largest absolute Gasteiger partial charge is 0.490 e. The minimum atomic E-state index is -0.409. The molecular formula is C24H22N2O3S. The van der Waals surface area contributed by atoms with Gasteiger partial charge in [-0.05, 0) is 47.7 Å². The highest BCUT2D eigenvalue weighted by Crippen LogP contribution is 2.30. The Kier molecular flexibility index (Phi) is 7.64. The molecule has 0 aliphatic heterocycles. The number of nitrogens with zero attached hydrogens (tertiary/aromatic N) is 1. The first-order chi connectivity index (χ1) is 14.7. The van der Waals surface area contributed by atoms with Crippen molar-refractivity contribution in [3.05, 3.63) is 87.6 Å². The van der Waals surface area contributed by atoms with E-state index in [1.165, 1.54) is 0 Å². The Hall–Kier alpha value is -3.56. The van der Waals surface area contributed by atoms with E-state index in [1.807, 2.05) is 60.8 Å². The van der Waals surface area contributed by atoms with Gasteiger partial charge in [-0.15, -0.1) is 11.3 Å².